The smallest absolute Gasteiger partial charge is 0.272 e. The van der Waals surface area contributed by atoms with Crippen molar-refractivity contribution in [2.45, 2.75) is 26.7 Å². The standard InChI is InChI=1S/C19H25N5O/c1-3-23(4-2)16-9-7-15(8-10-16)21-19-20-12-11-17(22-19)18(25)24-13-5-6-14-24/h7-12H,3-6,13-14H2,1-2H3,(H,20,21,22). The molecule has 0 atom stereocenters. The van der Waals surface area contributed by atoms with Crippen LogP contribution in [0.4, 0.5) is 17.3 Å². The third-order valence-electron chi connectivity index (χ3n) is 4.52. The van der Waals surface area contributed by atoms with Crippen molar-refractivity contribution < 1.29 is 4.79 Å². The Labute approximate surface area is 148 Å². The number of benzene rings is 1. The van der Waals surface area contributed by atoms with Crippen LogP contribution in [0.25, 0.3) is 0 Å². The van der Waals surface area contributed by atoms with Crippen LogP contribution in [0.15, 0.2) is 36.5 Å². The van der Waals surface area contributed by atoms with E-state index >= 15 is 0 Å². The van der Waals surface area contributed by atoms with Gasteiger partial charge in [0.1, 0.15) is 5.69 Å². The van der Waals surface area contributed by atoms with Gasteiger partial charge in [-0.15, -0.1) is 0 Å². The number of hydrogen-bond acceptors (Lipinski definition) is 5. The molecule has 1 aliphatic heterocycles. The number of hydrogen-bond donors (Lipinski definition) is 1. The van der Waals surface area contributed by atoms with Gasteiger partial charge in [-0.2, -0.15) is 0 Å². The van der Waals surface area contributed by atoms with Gasteiger partial charge in [0, 0.05) is 43.8 Å². The van der Waals surface area contributed by atoms with Gasteiger partial charge in [-0.3, -0.25) is 4.79 Å². The van der Waals surface area contributed by atoms with Gasteiger partial charge in [-0.1, -0.05) is 0 Å². The highest BCUT2D eigenvalue weighted by Crippen LogP contribution is 2.20. The zero-order chi connectivity index (χ0) is 17.6. The third kappa shape index (κ3) is 4.07. The van der Waals surface area contributed by atoms with Crippen LogP contribution in [0.1, 0.15) is 37.2 Å². The maximum absolute atomic E-state index is 12.4. The molecule has 0 unspecified atom stereocenters. The molecule has 6 heteroatoms. The molecule has 0 bridgehead atoms. The molecule has 0 radical (unpaired) electrons. The summed E-state index contributed by atoms with van der Waals surface area (Å²) >= 11 is 0. The minimum absolute atomic E-state index is 0.0140. The van der Waals surface area contributed by atoms with E-state index in [2.05, 4.69) is 46.2 Å². The lowest BCUT2D eigenvalue weighted by molar-refractivity contribution is 0.0787. The van der Waals surface area contributed by atoms with Crippen LogP contribution in [0, 0.1) is 0 Å². The Hall–Kier alpha value is -2.63. The van der Waals surface area contributed by atoms with E-state index in [4.69, 9.17) is 0 Å². The zero-order valence-electron chi connectivity index (χ0n) is 14.9. The monoisotopic (exact) mass is 339 g/mol. The molecular weight excluding hydrogens is 314 g/mol. The number of rotatable bonds is 6. The van der Waals surface area contributed by atoms with Crippen molar-refractivity contribution in [1.29, 1.82) is 0 Å². The van der Waals surface area contributed by atoms with E-state index in [0.29, 0.717) is 11.6 Å². The van der Waals surface area contributed by atoms with Crippen molar-refractivity contribution in [3.63, 3.8) is 0 Å². The molecule has 1 amide bonds. The molecule has 1 aromatic carbocycles. The van der Waals surface area contributed by atoms with Gasteiger partial charge in [0.15, 0.2) is 0 Å². The van der Waals surface area contributed by atoms with E-state index in [9.17, 15) is 4.79 Å². The Kier molecular flexibility index (Phi) is 5.48. The summed E-state index contributed by atoms with van der Waals surface area (Å²) in [7, 11) is 0. The molecule has 0 aliphatic carbocycles. The fourth-order valence-electron chi connectivity index (χ4n) is 3.09. The Bertz CT molecular complexity index is 706. The van der Waals surface area contributed by atoms with Crippen molar-refractivity contribution in [3.8, 4) is 0 Å². The third-order valence-corrected chi connectivity index (χ3v) is 4.52. The summed E-state index contributed by atoms with van der Waals surface area (Å²) in [5.41, 5.74) is 2.54. The highest BCUT2D eigenvalue weighted by Gasteiger charge is 2.20. The van der Waals surface area contributed by atoms with E-state index in [1.807, 2.05) is 17.0 Å². The predicted octanol–water partition coefficient (Wildman–Crippen LogP) is 3.30. The van der Waals surface area contributed by atoms with Crippen molar-refractivity contribution in [3.05, 3.63) is 42.2 Å². The second-order valence-corrected chi connectivity index (χ2v) is 6.11. The highest BCUT2D eigenvalue weighted by atomic mass is 16.2. The quantitative estimate of drug-likeness (QED) is 0.875. The van der Waals surface area contributed by atoms with Crippen molar-refractivity contribution in [1.82, 2.24) is 14.9 Å². The van der Waals surface area contributed by atoms with Gasteiger partial charge in [0.25, 0.3) is 5.91 Å². The van der Waals surface area contributed by atoms with Crippen molar-refractivity contribution in [2.75, 3.05) is 36.4 Å². The summed E-state index contributed by atoms with van der Waals surface area (Å²) in [5, 5.41) is 3.18. The molecule has 132 valence electrons. The molecule has 0 saturated carbocycles. The molecule has 2 heterocycles. The van der Waals surface area contributed by atoms with Gasteiger partial charge in [0.05, 0.1) is 0 Å². The Balaban J connectivity index is 1.70. The van der Waals surface area contributed by atoms with Crippen LogP contribution in [-0.2, 0) is 0 Å². The second-order valence-electron chi connectivity index (χ2n) is 6.11. The van der Waals surface area contributed by atoms with Crippen LogP contribution in [0.5, 0.6) is 0 Å². The van der Waals surface area contributed by atoms with E-state index in [0.717, 1.165) is 44.7 Å². The van der Waals surface area contributed by atoms with Crippen molar-refractivity contribution >= 4 is 23.2 Å². The minimum atomic E-state index is -0.0140. The molecule has 1 saturated heterocycles. The van der Waals surface area contributed by atoms with Crippen LogP contribution in [0.2, 0.25) is 0 Å². The number of likely N-dealkylation sites (tertiary alicyclic amines) is 1. The average Bonchev–Trinajstić information content (AvgIpc) is 3.18. The minimum Gasteiger partial charge on any atom is -0.372 e. The van der Waals surface area contributed by atoms with Gasteiger partial charge in [-0.05, 0) is 57.0 Å². The first-order valence-electron chi connectivity index (χ1n) is 8.95. The predicted molar refractivity (Wildman–Crippen MR) is 100 cm³/mol. The van der Waals surface area contributed by atoms with Crippen LogP contribution >= 0.6 is 0 Å². The molecule has 1 N–H and O–H groups in total. The largest absolute Gasteiger partial charge is 0.372 e. The highest BCUT2D eigenvalue weighted by molar-refractivity contribution is 5.92. The van der Waals surface area contributed by atoms with Gasteiger partial charge >= 0.3 is 0 Å². The number of nitrogens with one attached hydrogen (secondary N) is 1. The molecule has 3 rings (SSSR count). The molecule has 1 aromatic heterocycles. The first-order chi connectivity index (χ1) is 12.2. The molecule has 1 fully saturated rings. The Morgan fingerprint density at radius 1 is 1.12 bits per heavy atom. The van der Waals surface area contributed by atoms with E-state index in [-0.39, 0.29) is 5.91 Å². The van der Waals surface area contributed by atoms with E-state index in [1.54, 1.807) is 12.3 Å². The second kappa shape index (κ2) is 7.96. The Morgan fingerprint density at radius 3 is 2.44 bits per heavy atom. The fraction of sp³-hybridized carbons (Fsp3) is 0.421. The lowest BCUT2D eigenvalue weighted by Gasteiger charge is -2.21. The lowest BCUT2D eigenvalue weighted by atomic mass is 10.2. The number of amides is 1. The molecular formula is C19H25N5O. The van der Waals surface area contributed by atoms with E-state index in [1.165, 1.54) is 5.69 Å². The molecule has 2 aromatic rings. The first kappa shape index (κ1) is 17.2. The number of carbonyl (C=O) groups excluding carboxylic acids is 1. The maximum Gasteiger partial charge on any atom is 0.272 e. The maximum atomic E-state index is 12.4. The number of carbonyl (C=O) groups is 1. The number of aromatic nitrogens is 2. The first-order valence-corrected chi connectivity index (χ1v) is 8.95. The molecule has 1 aliphatic rings. The molecule has 0 spiro atoms. The average molecular weight is 339 g/mol. The summed E-state index contributed by atoms with van der Waals surface area (Å²) in [6, 6.07) is 9.84. The van der Waals surface area contributed by atoms with Gasteiger partial charge in [-0.25, -0.2) is 9.97 Å². The summed E-state index contributed by atoms with van der Waals surface area (Å²) < 4.78 is 0. The summed E-state index contributed by atoms with van der Waals surface area (Å²) in [6.45, 7) is 7.88. The van der Waals surface area contributed by atoms with Crippen LogP contribution < -0.4 is 10.2 Å². The zero-order valence-corrected chi connectivity index (χ0v) is 14.9. The summed E-state index contributed by atoms with van der Waals surface area (Å²) in [6.07, 6.45) is 3.77. The van der Waals surface area contributed by atoms with Crippen LogP contribution in [0.3, 0.4) is 0 Å². The fourth-order valence-corrected chi connectivity index (χ4v) is 3.09. The lowest BCUT2D eigenvalue weighted by Crippen LogP contribution is -2.28. The summed E-state index contributed by atoms with van der Waals surface area (Å²) in [4.78, 5) is 25.2. The van der Waals surface area contributed by atoms with Gasteiger partial charge < -0.3 is 15.1 Å². The normalized spacial score (nSPS) is 13.8. The molecule has 25 heavy (non-hydrogen) atoms. The van der Waals surface area contributed by atoms with E-state index < -0.39 is 0 Å². The SMILES string of the molecule is CCN(CC)c1ccc(Nc2nccc(C(=O)N3CCCC3)n2)cc1. The summed E-state index contributed by atoms with van der Waals surface area (Å²) in [5.74, 6) is 0.431. The van der Waals surface area contributed by atoms with Crippen molar-refractivity contribution in [2.24, 2.45) is 0 Å². The number of nitrogens with zero attached hydrogens (tertiary/aromatic N) is 4. The Morgan fingerprint density at radius 2 is 1.80 bits per heavy atom. The topological polar surface area (TPSA) is 61.4 Å². The molecule has 6 nitrogen and oxygen atoms in total. The number of anilines is 3. The van der Waals surface area contributed by atoms with Gasteiger partial charge in [0.2, 0.25) is 5.95 Å². The van der Waals surface area contributed by atoms with Crippen LogP contribution in [-0.4, -0.2) is 47.0 Å².